The molecule has 7 nitrogen and oxygen atoms in total. The lowest BCUT2D eigenvalue weighted by atomic mass is 9.98. The van der Waals surface area contributed by atoms with E-state index >= 15 is 0 Å². The van der Waals surface area contributed by atoms with Crippen molar-refractivity contribution >= 4 is 21.8 Å². The zero-order valence-corrected chi connectivity index (χ0v) is 15.7. The van der Waals surface area contributed by atoms with E-state index in [2.05, 4.69) is 0 Å². The van der Waals surface area contributed by atoms with Crippen LogP contribution in [0.25, 0.3) is 0 Å². The zero-order valence-electron chi connectivity index (χ0n) is 14.0. The largest absolute Gasteiger partial charge is 0.313 e. The van der Waals surface area contributed by atoms with Crippen LogP contribution in [-0.4, -0.2) is 42.7 Å². The molecule has 2 unspecified atom stereocenters. The van der Waals surface area contributed by atoms with Crippen molar-refractivity contribution in [3.05, 3.63) is 63.6 Å². The minimum atomic E-state index is -4.09. The summed E-state index contributed by atoms with van der Waals surface area (Å²) in [6.07, 6.45) is 4.88. The molecular weight excluding hydrogens is 362 g/mol. The Morgan fingerprint density at radius 3 is 2.52 bits per heavy atom. The smallest absolute Gasteiger partial charge is 0.262 e. The Kier molecular flexibility index (Phi) is 6.04. The maximum absolute atomic E-state index is 12.1. The van der Waals surface area contributed by atoms with Crippen molar-refractivity contribution in [3.8, 4) is 0 Å². The Morgan fingerprint density at radius 1 is 1.36 bits per heavy atom. The third kappa shape index (κ3) is 3.95. The number of sulfonamides is 1. The zero-order chi connectivity index (χ0) is 18.7. The highest BCUT2D eigenvalue weighted by Crippen LogP contribution is 2.42. The summed E-state index contributed by atoms with van der Waals surface area (Å²) in [6, 6.07) is 8.99. The van der Waals surface area contributed by atoms with Crippen molar-refractivity contribution in [2.75, 3.05) is 13.6 Å². The van der Waals surface area contributed by atoms with E-state index in [0.717, 1.165) is 16.7 Å². The number of allylic oxidation sites excluding steroid dienone is 2. The average molecular weight is 383 g/mol. The van der Waals surface area contributed by atoms with Gasteiger partial charge in [-0.25, -0.2) is 18.5 Å². The second kappa shape index (κ2) is 7.69. The van der Waals surface area contributed by atoms with Gasteiger partial charge in [-0.2, -0.15) is 0 Å². The standard InChI is InChI=1S/C16H21N3O4S2/c1-3-12-18(2)16(19(20)21)11-7-10-14(25(17,22)23)15(16)24-13-8-5-4-6-9-13/h4-11,15H,3,12H2,1-2H3,(H2,17,22,23). The number of thioether (sulfide) groups is 1. The molecule has 9 heteroatoms. The van der Waals surface area contributed by atoms with E-state index in [9.17, 15) is 18.5 Å². The molecule has 0 amide bonds. The normalized spacial score (nSPS) is 23.5. The second-order valence-electron chi connectivity index (χ2n) is 5.75. The molecule has 0 aliphatic heterocycles. The predicted octanol–water partition coefficient (Wildman–Crippen LogP) is 2.20. The molecule has 136 valence electrons. The van der Waals surface area contributed by atoms with Crippen LogP contribution in [-0.2, 0) is 10.0 Å². The summed E-state index contributed by atoms with van der Waals surface area (Å²) >= 11 is 1.13. The van der Waals surface area contributed by atoms with E-state index in [-0.39, 0.29) is 4.91 Å². The number of rotatable bonds is 7. The van der Waals surface area contributed by atoms with Crippen LogP contribution in [0.1, 0.15) is 13.3 Å². The van der Waals surface area contributed by atoms with Gasteiger partial charge in [-0.3, -0.25) is 10.1 Å². The molecule has 2 atom stereocenters. The molecule has 1 aliphatic carbocycles. The monoisotopic (exact) mass is 383 g/mol. The lowest BCUT2D eigenvalue weighted by Gasteiger charge is -2.38. The highest BCUT2D eigenvalue weighted by molar-refractivity contribution is 8.02. The van der Waals surface area contributed by atoms with Gasteiger partial charge in [0.25, 0.3) is 0 Å². The highest BCUT2D eigenvalue weighted by atomic mass is 32.2. The van der Waals surface area contributed by atoms with Gasteiger partial charge >= 0.3 is 5.66 Å². The molecule has 0 saturated heterocycles. The Labute approximate surface area is 151 Å². The molecular formula is C16H21N3O4S2. The molecule has 1 aromatic rings. The molecule has 0 aromatic heterocycles. The number of likely N-dealkylation sites (N-methyl/N-ethyl adjacent to an activating group) is 1. The van der Waals surface area contributed by atoms with Crippen LogP contribution in [0.4, 0.5) is 0 Å². The van der Waals surface area contributed by atoms with Crippen molar-refractivity contribution in [2.24, 2.45) is 5.14 Å². The molecule has 0 fully saturated rings. The quantitative estimate of drug-likeness (QED) is 0.439. The van der Waals surface area contributed by atoms with Crippen molar-refractivity contribution in [3.63, 3.8) is 0 Å². The van der Waals surface area contributed by atoms with Crippen molar-refractivity contribution < 1.29 is 13.3 Å². The maximum Gasteiger partial charge on any atom is 0.313 e. The fraction of sp³-hybridized carbons (Fsp3) is 0.375. The minimum absolute atomic E-state index is 0.150. The Morgan fingerprint density at radius 2 is 2.00 bits per heavy atom. The summed E-state index contributed by atoms with van der Waals surface area (Å²) in [7, 11) is -2.46. The van der Waals surface area contributed by atoms with Crippen LogP contribution in [0.3, 0.4) is 0 Å². The minimum Gasteiger partial charge on any atom is -0.262 e. The number of hydrogen-bond acceptors (Lipinski definition) is 6. The number of nitro groups is 1. The van der Waals surface area contributed by atoms with Gasteiger partial charge in [0, 0.05) is 22.4 Å². The molecule has 1 aliphatic rings. The first-order valence-corrected chi connectivity index (χ1v) is 10.2. The molecule has 2 N–H and O–H groups in total. The number of primary sulfonamides is 1. The van der Waals surface area contributed by atoms with Crippen molar-refractivity contribution in [1.82, 2.24) is 4.90 Å². The highest BCUT2D eigenvalue weighted by Gasteiger charge is 2.56. The fourth-order valence-electron chi connectivity index (χ4n) is 2.83. The number of hydrogen-bond donors (Lipinski definition) is 1. The summed E-state index contributed by atoms with van der Waals surface area (Å²) in [5.41, 5.74) is -1.70. The van der Waals surface area contributed by atoms with Gasteiger partial charge < -0.3 is 0 Å². The van der Waals surface area contributed by atoms with Crippen LogP contribution in [0, 0.1) is 10.1 Å². The lowest BCUT2D eigenvalue weighted by molar-refractivity contribution is -0.582. The number of nitrogens with two attached hydrogens (primary N) is 1. The van der Waals surface area contributed by atoms with Crippen molar-refractivity contribution in [2.45, 2.75) is 29.2 Å². The maximum atomic E-state index is 12.1. The molecule has 0 bridgehead atoms. The van der Waals surface area contributed by atoms with Crippen LogP contribution < -0.4 is 5.14 Å². The molecule has 0 saturated carbocycles. The van der Waals surface area contributed by atoms with Gasteiger partial charge in [0.1, 0.15) is 5.25 Å². The van der Waals surface area contributed by atoms with Crippen LogP contribution in [0.15, 0.2) is 58.4 Å². The van der Waals surface area contributed by atoms with E-state index in [1.807, 2.05) is 13.0 Å². The summed E-state index contributed by atoms with van der Waals surface area (Å²) in [5.74, 6) is 0. The molecule has 0 spiro atoms. The van der Waals surface area contributed by atoms with E-state index < -0.39 is 25.9 Å². The lowest BCUT2D eigenvalue weighted by Crippen LogP contribution is -2.60. The summed E-state index contributed by atoms with van der Waals surface area (Å²) in [4.78, 5) is 13.8. The first-order chi connectivity index (χ1) is 11.7. The van der Waals surface area contributed by atoms with E-state index in [1.165, 1.54) is 18.2 Å². The second-order valence-corrected chi connectivity index (χ2v) is 8.49. The third-order valence-corrected chi connectivity index (χ3v) is 6.59. The SMILES string of the molecule is CCCN(C)C1([N+](=O)[O-])C=CC=C(S(N)(=O)=O)C1Sc1ccccc1. The Balaban J connectivity index is 2.61. The average Bonchev–Trinajstić information content (AvgIpc) is 2.55. The fourth-order valence-corrected chi connectivity index (χ4v) is 5.42. The van der Waals surface area contributed by atoms with Gasteiger partial charge in [-0.05, 0) is 31.7 Å². The molecule has 25 heavy (non-hydrogen) atoms. The first-order valence-electron chi connectivity index (χ1n) is 7.73. The molecule has 0 heterocycles. The van der Waals surface area contributed by atoms with Crippen molar-refractivity contribution in [1.29, 1.82) is 0 Å². The number of benzene rings is 1. The van der Waals surface area contributed by atoms with Crippen LogP contribution in [0.5, 0.6) is 0 Å². The first kappa shape index (κ1) is 19.6. The topological polar surface area (TPSA) is 107 Å². The number of nitrogens with zero attached hydrogens (tertiary/aromatic N) is 2. The van der Waals surface area contributed by atoms with Gasteiger partial charge in [-0.15, -0.1) is 11.8 Å². The van der Waals surface area contributed by atoms with E-state index in [1.54, 1.807) is 36.2 Å². The predicted molar refractivity (Wildman–Crippen MR) is 99.1 cm³/mol. The van der Waals surface area contributed by atoms with Gasteiger partial charge in [0.15, 0.2) is 0 Å². The van der Waals surface area contributed by atoms with Crippen LogP contribution in [0.2, 0.25) is 0 Å². The Bertz CT molecular complexity index is 793. The van der Waals surface area contributed by atoms with E-state index in [0.29, 0.717) is 13.0 Å². The van der Waals surface area contributed by atoms with Gasteiger partial charge in [0.2, 0.25) is 10.0 Å². The summed E-state index contributed by atoms with van der Waals surface area (Å²) in [6.45, 7) is 2.35. The summed E-state index contributed by atoms with van der Waals surface area (Å²) < 4.78 is 24.2. The van der Waals surface area contributed by atoms with Gasteiger partial charge in [0.05, 0.1) is 4.91 Å². The third-order valence-electron chi connectivity index (χ3n) is 4.03. The summed E-state index contributed by atoms with van der Waals surface area (Å²) in [5, 5.41) is 16.5. The molecule has 0 radical (unpaired) electrons. The van der Waals surface area contributed by atoms with Gasteiger partial charge in [-0.1, -0.05) is 31.2 Å². The van der Waals surface area contributed by atoms with E-state index in [4.69, 9.17) is 5.14 Å². The van der Waals surface area contributed by atoms with Crippen LogP contribution >= 0.6 is 11.8 Å². The molecule has 2 rings (SSSR count). The molecule has 1 aromatic carbocycles. The Hall–Kier alpha value is -1.68.